The summed E-state index contributed by atoms with van der Waals surface area (Å²) in [6.07, 6.45) is 2.86. The molecule has 1 amide bonds. The number of hydrogen-bond acceptors (Lipinski definition) is 4. The molecule has 0 saturated heterocycles. The van der Waals surface area contributed by atoms with Crippen LogP contribution in [0, 0.1) is 12.7 Å². The third-order valence-electron chi connectivity index (χ3n) is 4.64. The summed E-state index contributed by atoms with van der Waals surface area (Å²) in [5, 5.41) is 2.68. The zero-order valence-corrected chi connectivity index (χ0v) is 16.1. The highest BCUT2D eigenvalue weighted by molar-refractivity contribution is 6.03. The third-order valence-corrected chi connectivity index (χ3v) is 4.64. The Kier molecular flexibility index (Phi) is 5.26. The van der Waals surface area contributed by atoms with Crippen molar-refractivity contribution in [2.24, 2.45) is 0 Å². The summed E-state index contributed by atoms with van der Waals surface area (Å²) < 4.78 is 20.6. The van der Waals surface area contributed by atoms with E-state index in [1.807, 2.05) is 13.0 Å². The zero-order valence-electron chi connectivity index (χ0n) is 16.1. The van der Waals surface area contributed by atoms with Crippen LogP contribution in [0.15, 0.2) is 77.9 Å². The standard InChI is InChI=1S/C23H18FN3O3/c1-15-5-4-12-27-21(15)25-13-19(23(27)29)22(28)26-17-8-10-18(11-9-17)30-14-16-6-2-3-7-20(16)24/h2-13H,14H2,1H3,(H,26,28). The van der Waals surface area contributed by atoms with Crippen LogP contribution in [0.1, 0.15) is 21.5 Å². The van der Waals surface area contributed by atoms with Gasteiger partial charge in [-0.25, -0.2) is 9.37 Å². The van der Waals surface area contributed by atoms with E-state index in [-0.39, 0.29) is 18.0 Å². The molecule has 2 aromatic heterocycles. The van der Waals surface area contributed by atoms with Crippen LogP contribution in [-0.2, 0) is 6.61 Å². The van der Waals surface area contributed by atoms with Gasteiger partial charge in [-0.15, -0.1) is 0 Å². The van der Waals surface area contributed by atoms with E-state index < -0.39 is 11.5 Å². The number of anilines is 1. The number of carbonyl (C=O) groups is 1. The van der Waals surface area contributed by atoms with Crippen LogP contribution in [0.4, 0.5) is 10.1 Å². The normalized spacial score (nSPS) is 10.7. The van der Waals surface area contributed by atoms with E-state index in [0.29, 0.717) is 22.6 Å². The first kappa shape index (κ1) is 19.3. The van der Waals surface area contributed by atoms with E-state index in [4.69, 9.17) is 4.74 Å². The smallest absolute Gasteiger partial charge is 0.270 e. The van der Waals surface area contributed by atoms with Crippen LogP contribution in [0.5, 0.6) is 5.75 Å². The van der Waals surface area contributed by atoms with E-state index >= 15 is 0 Å². The van der Waals surface area contributed by atoms with Crippen LogP contribution in [0.3, 0.4) is 0 Å². The maximum atomic E-state index is 13.7. The number of rotatable bonds is 5. The number of pyridine rings is 1. The van der Waals surface area contributed by atoms with Crippen LogP contribution >= 0.6 is 0 Å². The van der Waals surface area contributed by atoms with Crippen molar-refractivity contribution in [2.45, 2.75) is 13.5 Å². The summed E-state index contributed by atoms with van der Waals surface area (Å²) in [5.74, 6) is -0.352. The molecule has 0 aliphatic heterocycles. The Labute approximate surface area is 171 Å². The minimum Gasteiger partial charge on any atom is -0.489 e. The molecular formula is C23H18FN3O3. The molecule has 0 spiro atoms. The molecule has 0 radical (unpaired) electrons. The average Bonchev–Trinajstić information content (AvgIpc) is 2.75. The number of amides is 1. The first-order valence-corrected chi connectivity index (χ1v) is 9.27. The van der Waals surface area contributed by atoms with Crippen molar-refractivity contribution in [1.29, 1.82) is 0 Å². The molecule has 4 aromatic rings. The molecule has 0 saturated carbocycles. The fraction of sp³-hybridized carbons (Fsp3) is 0.0870. The van der Waals surface area contributed by atoms with Crippen molar-refractivity contribution in [3.63, 3.8) is 0 Å². The SMILES string of the molecule is Cc1cccn2c(=O)c(C(=O)Nc3ccc(OCc4ccccc4F)cc3)cnc12. The molecule has 0 unspecified atom stereocenters. The predicted octanol–water partition coefficient (Wildman–Crippen LogP) is 3.97. The van der Waals surface area contributed by atoms with Gasteiger partial charge in [0.15, 0.2) is 0 Å². The van der Waals surface area contributed by atoms with E-state index in [0.717, 1.165) is 5.56 Å². The number of aromatic nitrogens is 2. The molecule has 4 rings (SSSR count). The molecule has 1 N–H and O–H groups in total. The second-order valence-electron chi connectivity index (χ2n) is 6.72. The lowest BCUT2D eigenvalue weighted by Crippen LogP contribution is -2.26. The number of carbonyl (C=O) groups excluding carboxylic acids is 1. The Morgan fingerprint density at radius 2 is 1.87 bits per heavy atom. The van der Waals surface area contributed by atoms with Gasteiger partial charge in [0, 0.05) is 23.6 Å². The molecule has 2 aromatic carbocycles. The molecule has 0 fully saturated rings. The quantitative estimate of drug-likeness (QED) is 0.547. The Morgan fingerprint density at radius 3 is 2.63 bits per heavy atom. The number of fused-ring (bicyclic) bond motifs is 1. The number of aryl methyl sites for hydroxylation is 1. The van der Waals surface area contributed by atoms with Gasteiger partial charge in [-0.1, -0.05) is 24.3 Å². The van der Waals surface area contributed by atoms with Gasteiger partial charge >= 0.3 is 0 Å². The van der Waals surface area contributed by atoms with E-state index in [9.17, 15) is 14.0 Å². The highest BCUT2D eigenvalue weighted by atomic mass is 19.1. The number of benzene rings is 2. The minimum atomic E-state index is -0.552. The maximum Gasteiger partial charge on any atom is 0.270 e. The molecule has 30 heavy (non-hydrogen) atoms. The van der Waals surface area contributed by atoms with Crippen molar-refractivity contribution >= 4 is 17.2 Å². The van der Waals surface area contributed by atoms with Gasteiger partial charge in [0.05, 0.1) is 0 Å². The molecule has 7 heteroatoms. The Morgan fingerprint density at radius 1 is 1.10 bits per heavy atom. The number of hydrogen-bond donors (Lipinski definition) is 1. The molecule has 0 aliphatic rings. The lowest BCUT2D eigenvalue weighted by Gasteiger charge is -2.09. The first-order chi connectivity index (χ1) is 14.5. The molecule has 6 nitrogen and oxygen atoms in total. The van der Waals surface area contributed by atoms with Gasteiger partial charge in [-0.3, -0.25) is 14.0 Å². The summed E-state index contributed by atoms with van der Waals surface area (Å²) in [4.78, 5) is 29.4. The highest BCUT2D eigenvalue weighted by Gasteiger charge is 2.14. The van der Waals surface area contributed by atoms with Gasteiger partial charge in [-0.05, 0) is 48.9 Å². The predicted molar refractivity (Wildman–Crippen MR) is 111 cm³/mol. The summed E-state index contributed by atoms with van der Waals surface area (Å²) in [5.41, 5.74) is 1.80. The lowest BCUT2D eigenvalue weighted by molar-refractivity contribution is 0.102. The fourth-order valence-corrected chi connectivity index (χ4v) is 3.01. The van der Waals surface area contributed by atoms with Crippen molar-refractivity contribution in [2.75, 3.05) is 5.32 Å². The summed E-state index contributed by atoms with van der Waals surface area (Å²) in [6, 6.07) is 16.6. The van der Waals surface area contributed by atoms with Crippen molar-refractivity contribution < 1.29 is 13.9 Å². The van der Waals surface area contributed by atoms with Crippen LogP contribution in [0.2, 0.25) is 0 Å². The van der Waals surface area contributed by atoms with E-state index in [1.165, 1.54) is 16.7 Å². The topological polar surface area (TPSA) is 72.7 Å². The third kappa shape index (κ3) is 3.91. The number of nitrogens with zero attached hydrogens (tertiary/aromatic N) is 2. The van der Waals surface area contributed by atoms with Crippen LogP contribution in [0.25, 0.3) is 5.65 Å². The molecule has 150 valence electrons. The van der Waals surface area contributed by atoms with Gasteiger partial charge in [-0.2, -0.15) is 0 Å². The second kappa shape index (κ2) is 8.16. The van der Waals surface area contributed by atoms with Crippen molar-refractivity contribution in [3.05, 3.63) is 106 Å². The summed E-state index contributed by atoms with van der Waals surface area (Å²) in [7, 11) is 0. The second-order valence-corrected chi connectivity index (χ2v) is 6.72. The molecule has 2 heterocycles. The average molecular weight is 403 g/mol. The number of halogens is 1. The highest BCUT2D eigenvalue weighted by Crippen LogP contribution is 2.18. The zero-order chi connectivity index (χ0) is 21.1. The van der Waals surface area contributed by atoms with Crippen LogP contribution in [-0.4, -0.2) is 15.3 Å². The summed E-state index contributed by atoms with van der Waals surface area (Å²) in [6.45, 7) is 1.94. The maximum absolute atomic E-state index is 13.7. The molecular weight excluding hydrogens is 385 g/mol. The minimum absolute atomic E-state index is 0.0574. The van der Waals surface area contributed by atoms with Crippen molar-refractivity contribution in [1.82, 2.24) is 9.38 Å². The number of ether oxygens (including phenoxy) is 1. The van der Waals surface area contributed by atoms with E-state index in [2.05, 4.69) is 10.3 Å². The lowest BCUT2D eigenvalue weighted by atomic mass is 10.2. The van der Waals surface area contributed by atoms with Crippen LogP contribution < -0.4 is 15.6 Å². The van der Waals surface area contributed by atoms with Gasteiger partial charge < -0.3 is 10.1 Å². The Hall–Kier alpha value is -4.00. The molecule has 0 bridgehead atoms. The van der Waals surface area contributed by atoms with Gasteiger partial charge in [0.25, 0.3) is 11.5 Å². The Bertz CT molecular complexity index is 1280. The van der Waals surface area contributed by atoms with Gasteiger partial charge in [0.1, 0.15) is 29.4 Å². The largest absolute Gasteiger partial charge is 0.489 e. The fourth-order valence-electron chi connectivity index (χ4n) is 3.01. The molecule has 0 aliphatic carbocycles. The van der Waals surface area contributed by atoms with E-state index in [1.54, 1.807) is 54.7 Å². The summed E-state index contributed by atoms with van der Waals surface area (Å²) >= 11 is 0. The Balaban J connectivity index is 1.46. The molecule has 0 atom stereocenters. The van der Waals surface area contributed by atoms with Crippen molar-refractivity contribution in [3.8, 4) is 5.75 Å². The number of nitrogens with one attached hydrogen (secondary N) is 1. The monoisotopic (exact) mass is 403 g/mol. The van der Waals surface area contributed by atoms with Gasteiger partial charge in [0.2, 0.25) is 0 Å². The first-order valence-electron chi connectivity index (χ1n) is 9.27.